The fourth-order valence-electron chi connectivity index (χ4n) is 2.22. The zero-order chi connectivity index (χ0) is 13.9. The maximum atomic E-state index is 6.24. The van der Waals surface area contributed by atoms with Crippen LogP contribution >= 0.6 is 0 Å². The largest absolute Gasteiger partial charge is 0.489 e. The summed E-state index contributed by atoms with van der Waals surface area (Å²) in [5.74, 6) is 1.04. The van der Waals surface area contributed by atoms with E-state index in [0.29, 0.717) is 0 Å². The molecule has 0 saturated heterocycles. The number of nitrogens with one attached hydrogen (secondary N) is 1. The topological polar surface area (TPSA) is 21.3 Å². The van der Waals surface area contributed by atoms with Crippen LogP contribution in [0, 0.1) is 0 Å². The lowest BCUT2D eigenvalue weighted by atomic mass is 9.86. The summed E-state index contributed by atoms with van der Waals surface area (Å²) in [5.41, 5.74) is 1.42. The summed E-state index contributed by atoms with van der Waals surface area (Å²) in [4.78, 5) is 0. The van der Waals surface area contributed by atoms with Crippen molar-refractivity contribution in [3.63, 3.8) is 0 Å². The molecular formula is C17H27NO. The normalized spacial score (nSPS) is 17.3. The first-order chi connectivity index (χ1) is 9.00. The van der Waals surface area contributed by atoms with Crippen molar-refractivity contribution >= 4 is 0 Å². The molecule has 106 valence electrons. The minimum atomic E-state index is 0.124. The molecule has 19 heavy (non-hydrogen) atoms. The monoisotopic (exact) mass is 261 g/mol. The zero-order valence-electron chi connectivity index (χ0n) is 12.7. The average Bonchev–Trinajstić information content (AvgIpc) is 3.17. The van der Waals surface area contributed by atoms with Crippen molar-refractivity contribution in [1.82, 2.24) is 5.32 Å². The van der Waals surface area contributed by atoms with Gasteiger partial charge in [-0.15, -0.1) is 0 Å². The minimum Gasteiger partial charge on any atom is -0.489 e. The third kappa shape index (κ3) is 4.24. The molecule has 1 aliphatic carbocycles. The molecule has 2 rings (SSSR count). The zero-order valence-corrected chi connectivity index (χ0v) is 12.7. The van der Waals surface area contributed by atoms with Crippen LogP contribution in [0.25, 0.3) is 0 Å². The molecule has 1 N–H and O–H groups in total. The van der Waals surface area contributed by atoms with Crippen molar-refractivity contribution < 1.29 is 4.74 Å². The summed E-state index contributed by atoms with van der Waals surface area (Å²) >= 11 is 0. The number of ether oxygens (including phenoxy) is 1. The summed E-state index contributed by atoms with van der Waals surface area (Å²) in [6.07, 6.45) is 3.96. The molecule has 1 fully saturated rings. The van der Waals surface area contributed by atoms with Gasteiger partial charge in [-0.1, -0.05) is 45.9 Å². The first-order valence-corrected chi connectivity index (χ1v) is 7.50. The molecule has 2 heteroatoms. The third-order valence-electron chi connectivity index (χ3n) is 3.66. The fourth-order valence-corrected chi connectivity index (χ4v) is 2.22. The first kappa shape index (κ1) is 14.4. The van der Waals surface area contributed by atoms with Crippen molar-refractivity contribution in [2.24, 2.45) is 0 Å². The van der Waals surface area contributed by atoms with Crippen LogP contribution in [0.5, 0.6) is 5.75 Å². The van der Waals surface area contributed by atoms with Crippen molar-refractivity contribution in [3.05, 3.63) is 29.8 Å². The predicted octanol–water partition coefficient (Wildman–Crippen LogP) is 3.89. The van der Waals surface area contributed by atoms with Crippen molar-refractivity contribution in [2.45, 2.75) is 64.5 Å². The van der Waals surface area contributed by atoms with E-state index in [9.17, 15) is 0 Å². The van der Waals surface area contributed by atoms with Gasteiger partial charge in [0.15, 0.2) is 0 Å². The Balaban J connectivity index is 2.03. The number of benzene rings is 1. The maximum absolute atomic E-state index is 6.24. The van der Waals surface area contributed by atoms with Crippen LogP contribution in [0.1, 0.15) is 52.5 Å². The second-order valence-electron chi connectivity index (χ2n) is 6.58. The smallest absolute Gasteiger partial charge is 0.123 e. The van der Waals surface area contributed by atoms with Crippen LogP contribution in [0.4, 0.5) is 0 Å². The molecule has 1 aliphatic rings. The predicted molar refractivity (Wildman–Crippen MR) is 80.9 cm³/mol. The molecule has 0 spiro atoms. The molecule has 0 heterocycles. The van der Waals surface area contributed by atoms with Crippen LogP contribution < -0.4 is 10.1 Å². The highest BCUT2D eigenvalue weighted by Gasteiger charge is 2.23. The molecule has 1 aromatic carbocycles. The maximum Gasteiger partial charge on any atom is 0.123 e. The van der Waals surface area contributed by atoms with Crippen molar-refractivity contribution in [3.8, 4) is 5.75 Å². The molecular weight excluding hydrogens is 234 g/mol. The van der Waals surface area contributed by atoms with Crippen LogP contribution in [0.2, 0.25) is 0 Å². The van der Waals surface area contributed by atoms with E-state index in [-0.39, 0.29) is 11.5 Å². The molecule has 0 aliphatic heterocycles. The van der Waals surface area contributed by atoms with Gasteiger partial charge in [-0.3, -0.25) is 0 Å². The number of para-hydroxylation sites is 1. The molecule has 1 unspecified atom stereocenters. The van der Waals surface area contributed by atoms with Crippen LogP contribution in [0.15, 0.2) is 24.3 Å². The van der Waals surface area contributed by atoms with E-state index in [1.807, 2.05) is 0 Å². The quantitative estimate of drug-likeness (QED) is 0.838. The van der Waals surface area contributed by atoms with Crippen LogP contribution in [-0.2, 0) is 5.41 Å². The Morgan fingerprint density at radius 1 is 1.26 bits per heavy atom. The summed E-state index contributed by atoms with van der Waals surface area (Å²) in [7, 11) is 0. The van der Waals surface area contributed by atoms with E-state index in [1.54, 1.807) is 0 Å². The Bertz CT molecular complexity index is 404. The second kappa shape index (κ2) is 5.96. The SMILES string of the molecule is CCC(CNC1CC1)Oc1ccccc1C(C)(C)C. The Hall–Kier alpha value is -1.02. The van der Waals surface area contributed by atoms with Gasteiger partial charge in [0.1, 0.15) is 11.9 Å². The lowest BCUT2D eigenvalue weighted by Crippen LogP contribution is -2.32. The van der Waals surface area contributed by atoms with Gasteiger partial charge in [-0.25, -0.2) is 0 Å². The van der Waals surface area contributed by atoms with Gasteiger partial charge in [0.05, 0.1) is 0 Å². The van der Waals surface area contributed by atoms with Gasteiger partial charge in [-0.05, 0) is 36.3 Å². The number of hydrogen-bond donors (Lipinski definition) is 1. The van der Waals surface area contributed by atoms with E-state index >= 15 is 0 Å². The van der Waals surface area contributed by atoms with Crippen molar-refractivity contribution in [2.75, 3.05) is 6.54 Å². The van der Waals surface area contributed by atoms with Gasteiger partial charge >= 0.3 is 0 Å². The summed E-state index contributed by atoms with van der Waals surface area (Å²) in [6.45, 7) is 9.86. The Morgan fingerprint density at radius 3 is 2.53 bits per heavy atom. The van der Waals surface area contributed by atoms with Gasteiger partial charge in [0.25, 0.3) is 0 Å². The summed E-state index contributed by atoms with van der Waals surface area (Å²) in [5, 5.41) is 3.56. The Labute approximate surface area is 117 Å². The van der Waals surface area contributed by atoms with E-state index in [2.05, 4.69) is 57.3 Å². The molecule has 0 radical (unpaired) electrons. The highest BCUT2D eigenvalue weighted by atomic mass is 16.5. The minimum absolute atomic E-state index is 0.124. The molecule has 2 nitrogen and oxygen atoms in total. The van der Waals surface area contributed by atoms with Gasteiger partial charge in [0.2, 0.25) is 0 Å². The molecule has 1 aromatic rings. The summed E-state index contributed by atoms with van der Waals surface area (Å²) in [6, 6.07) is 9.18. The van der Waals surface area contributed by atoms with E-state index < -0.39 is 0 Å². The highest BCUT2D eigenvalue weighted by Crippen LogP contribution is 2.31. The Morgan fingerprint density at radius 2 is 1.95 bits per heavy atom. The standard InChI is InChI=1S/C17H27NO/c1-5-14(12-18-13-10-11-13)19-16-9-7-6-8-15(16)17(2,3)4/h6-9,13-14,18H,5,10-12H2,1-4H3. The molecule has 1 saturated carbocycles. The number of hydrogen-bond acceptors (Lipinski definition) is 2. The fraction of sp³-hybridized carbons (Fsp3) is 0.647. The van der Waals surface area contributed by atoms with E-state index in [4.69, 9.17) is 4.74 Å². The molecule has 0 aromatic heterocycles. The van der Waals surface area contributed by atoms with Crippen LogP contribution in [0.3, 0.4) is 0 Å². The third-order valence-corrected chi connectivity index (χ3v) is 3.66. The Kier molecular flexibility index (Phi) is 4.51. The lowest BCUT2D eigenvalue weighted by molar-refractivity contribution is 0.189. The summed E-state index contributed by atoms with van der Waals surface area (Å²) < 4.78 is 6.24. The van der Waals surface area contributed by atoms with Gasteiger partial charge in [-0.2, -0.15) is 0 Å². The van der Waals surface area contributed by atoms with Crippen molar-refractivity contribution in [1.29, 1.82) is 0 Å². The van der Waals surface area contributed by atoms with Crippen LogP contribution in [-0.4, -0.2) is 18.7 Å². The highest BCUT2D eigenvalue weighted by molar-refractivity contribution is 5.38. The molecule has 0 amide bonds. The molecule has 1 atom stereocenters. The van der Waals surface area contributed by atoms with Gasteiger partial charge < -0.3 is 10.1 Å². The van der Waals surface area contributed by atoms with Gasteiger partial charge in [0, 0.05) is 12.6 Å². The van der Waals surface area contributed by atoms with E-state index in [0.717, 1.165) is 24.8 Å². The second-order valence-corrected chi connectivity index (χ2v) is 6.58. The molecule has 0 bridgehead atoms. The lowest BCUT2D eigenvalue weighted by Gasteiger charge is -2.26. The average molecular weight is 261 g/mol. The number of rotatable bonds is 6. The van der Waals surface area contributed by atoms with E-state index in [1.165, 1.54) is 18.4 Å². The first-order valence-electron chi connectivity index (χ1n) is 7.50.